The second-order valence-electron chi connectivity index (χ2n) is 6.99. The van der Waals surface area contributed by atoms with Crippen LogP contribution in [0.4, 0.5) is 5.69 Å². The van der Waals surface area contributed by atoms with E-state index < -0.39 is 0 Å². The maximum atomic E-state index is 12.8. The van der Waals surface area contributed by atoms with Crippen molar-refractivity contribution in [2.75, 3.05) is 11.9 Å². The van der Waals surface area contributed by atoms with Crippen LogP contribution >= 0.6 is 11.6 Å². The van der Waals surface area contributed by atoms with Gasteiger partial charge in [0.25, 0.3) is 5.91 Å². The number of oxazole rings is 1. The molecule has 0 saturated heterocycles. The van der Waals surface area contributed by atoms with Crippen LogP contribution in [-0.2, 0) is 0 Å². The molecule has 1 amide bonds. The van der Waals surface area contributed by atoms with E-state index in [1.807, 2.05) is 44.2 Å². The van der Waals surface area contributed by atoms with E-state index in [1.165, 1.54) is 0 Å². The Morgan fingerprint density at radius 3 is 2.83 bits per heavy atom. The molecule has 4 aromatic rings. The van der Waals surface area contributed by atoms with Gasteiger partial charge in [0.1, 0.15) is 11.3 Å². The highest BCUT2D eigenvalue weighted by atomic mass is 35.5. The Balaban J connectivity index is 1.59. The van der Waals surface area contributed by atoms with E-state index >= 15 is 0 Å². The topological polar surface area (TPSA) is 64.4 Å². The third-order valence-corrected chi connectivity index (χ3v) is 4.89. The molecule has 1 aromatic heterocycles. The highest BCUT2D eigenvalue weighted by Gasteiger charge is 2.13. The van der Waals surface area contributed by atoms with Gasteiger partial charge in [0.15, 0.2) is 5.58 Å². The Morgan fingerprint density at radius 1 is 1.13 bits per heavy atom. The quantitative estimate of drug-likeness (QED) is 0.386. The van der Waals surface area contributed by atoms with Crippen LogP contribution in [0.5, 0.6) is 5.75 Å². The molecule has 5 nitrogen and oxygen atoms in total. The van der Waals surface area contributed by atoms with Crippen LogP contribution in [0.1, 0.15) is 29.3 Å². The van der Waals surface area contributed by atoms with Gasteiger partial charge in [0.05, 0.1) is 6.61 Å². The zero-order valence-corrected chi connectivity index (χ0v) is 17.5. The molecule has 3 aromatic carbocycles. The summed E-state index contributed by atoms with van der Waals surface area (Å²) in [6, 6.07) is 18.2. The van der Waals surface area contributed by atoms with Crippen LogP contribution in [0.2, 0.25) is 5.02 Å². The zero-order chi connectivity index (χ0) is 21.1. The summed E-state index contributed by atoms with van der Waals surface area (Å²) in [5.41, 5.74) is 4.27. The number of rotatable bonds is 6. The Kier molecular flexibility index (Phi) is 5.72. The fourth-order valence-electron chi connectivity index (χ4n) is 3.06. The molecule has 1 N–H and O–H groups in total. The first-order chi connectivity index (χ1) is 14.5. The molecule has 0 bridgehead atoms. The summed E-state index contributed by atoms with van der Waals surface area (Å²) in [4.78, 5) is 17.3. The first-order valence-corrected chi connectivity index (χ1v) is 10.1. The van der Waals surface area contributed by atoms with Crippen molar-refractivity contribution >= 4 is 34.3 Å². The third-order valence-electron chi connectivity index (χ3n) is 4.65. The van der Waals surface area contributed by atoms with Gasteiger partial charge in [-0.25, -0.2) is 4.98 Å². The second-order valence-corrected chi connectivity index (χ2v) is 7.43. The maximum Gasteiger partial charge on any atom is 0.255 e. The Labute approximate surface area is 179 Å². The SMILES string of the molecule is CCCOc1cccc(C(=O)Nc2cc(-c3nc4cc(Cl)ccc4o3)ccc2C)c1. The Bertz CT molecular complexity index is 1220. The number of fused-ring (bicyclic) bond motifs is 1. The molecule has 0 fully saturated rings. The monoisotopic (exact) mass is 420 g/mol. The highest BCUT2D eigenvalue weighted by Crippen LogP contribution is 2.29. The molecular weight excluding hydrogens is 400 g/mol. The minimum atomic E-state index is -0.207. The fraction of sp³-hybridized carbons (Fsp3) is 0.167. The van der Waals surface area contributed by atoms with Crippen molar-refractivity contribution in [3.05, 3.63) is 76.8 Å². The molecule has 152 valence electrons. The van der Waals surface area contributed by atoms with E-state index in [0.29, 0.717) is 45.6 Å². The molecule has 30 heavy (non-hydrogen) atoms. The summed E-state index contributed by atoms with van der Waals surface area (Å²) in [7, 11) is 0. The summed E-state index contributed by atoms with van der Waals surface area (Å²) in [6.45, 7) is 4.59. The van der Waals surface area contributed by atoms with Gasteiger partial charge in [-0.1, -0.05) is 30.7 Å². The van der Waals surface area contributed by atoms with E-state index in [4.69, 9.17) is 20.8 Å². The van der Waals surface area contributed by atoms with Crippen molar-refractivity contribution in [2.45, 2.75) is 20.3 Å². The number of aromatic nitrogens is 1. The number of aryl methyl sites for hydroxylation is 1. The molecule has 0 radical (unpaired) electrons. The molecular formula is C24H21ClN2O3. The number of hydrogen-bond acceptors (Lipinski definition) is 4. The number of nitrogens with one attached hydrogen (secondary N) is 1. The van der Waals surface area contributed by atoms with E-state index in [9.17, 15) is 4.79 Å². The van der Waals surface area contributed by atoms with Crippen LogP contribution in [0, 0.1) is 6.92 Å². The molecule has 0 spiro atoms. The number of anilines is 1. The fourth-order valence-corrected chi connectivity index (χ4v) is 3.22. The third kappa shape index (κ3) is 4.31. The van der Waals surface area contributed by atoms with Crippen LogP contribution < -0.4 is 10.1 Å². The molecule has 1 heterocycles. The van der Waals surface area contributed by atoms with Crippen molar-refractivity contribution in [1.29, 1.82) is 0 Å². The second kappa shape index (κ2) is 8.59. The van der Waals surface area contributed by atoms with Gasteiger partial charge in [-0.2, -0.15) is 0 Å². The lowest BCUT2D eigenvalue weighted by atomic mass is 10.1. The number of ether oxygens (including phenoxy) is 1. The first kappa shape index (κ1) is 20.0. The lowest BCUT2D eigenvalue weighted by molar-refractivity contribution is 0.102. The van der Waals surface area contributed by atoms with Gasteiger partial charge in [0, 0.05) is 21.8 Å². The summed E-state index contributed by atoms with van der Waals surface area (Å²) in [5, 5.41) is 3.58. The maximum absolute atomic E-state index is 12.8. The average Bonchev–Trinajstić information content (AvgIpc) is 3.17. The van der Waals surface area contributed by atoms with Crippen LogP contribution in [0.25, 0.3) is 22.6 Å². The largest absolute Gasteiger partial charge is 0.494 e. The lowest BCUT2D eigenvalue weighted by Gasteiger charge is -2.11. The summed E-state index contributed by atoms with van der Waals surface area (Å²) < 4.78 is 11.5. The number of benzene rings is 3. The zero-order valence-electron chi connectivity index (χ0n) is 16.7. The number of carbonyl (C=O) groups excluding carboxylic acids is 1. The van der Waals surface area contributed by atoms with Crippen molar-refractivity contribution < 1.29 is 13.9 Å². The molecule has 0 aliphatic rings. The standard InChI is InChI=1S/C24H21ClN2O3/c1-3-11-29-19-6-4-5-16(12-19)23(28)26-20-13-17(8-7-15(20)2)24-27-21-14-18(25)9-10-22(21)30-24/h4-10,12-14H,3,11H2,1-2H3,(H,26,28). The van der Waals surface area contributed by atoms with Gasteiger partial charge >= 0.3 is 0 Å². The van der Waals surface area contributed by atoms with Gasteiger partial charge in [0.2, 0.25) is 5.89 Å². The smallest absolute Gasteiger partial charge is 0.255 e. The van der Waals surface area contributed by atoms with Crippen LogP contribution in [0.3, 0.4) is 0 Å². The number of amides is 1. The number of hydrogen-bond donors (Lipinski definition) is 1. The van der Waals surface area contributed by atoms with Crippen molar-refractivity contribution in [3.8, 4) is 17.2 Å². The average molecular weight is 421 g/mol. The van der Waals surface area contributed by atoms with Crippen LogP contribution in [0.15, 0.2) is 65.1 Å². The van der Waals surface area contributed by atoms with E-state index in [0.717, 1.165) is 17.5 Å². The molecule has 4 rings (SSSR count). The Morgan fingerprint density at radius 2 is 2.00 bits per heavy atom. The number of nitrogens with zero attached hydrogens (tertiary/aromatic N) is 1. The number of halogens is 1. The van der Waals surface area contributed by atoms with E-state index in [1.54, 1.807) is 30.3 Å². The lowest BCUT2D eigenvalue weighted by Crippen LogP contribution is -2.13. The summed E-state index contributed by atoms with van der Waals surface area (Å²) >= 11 is 6.04. The molecule has 0 aliphatic heterocycles. The molecule has 0 unspecified atom stereocenters. The van der Waals surface area contributed by atoms with Gasteiger partial charge < -0.3 is 14.5 Å². The van der Waals surface area contributed by atoms with Crippen molar-refractivity contribution in [2.24, 2.45) is 0 Å². The summed E-state index contributed by atoms with van der Waals surface area (Å²) in [6.07, 6.45) is 0.907. The van der Waals surface area contributed by atoms with Crippen molar-refractivity contribution in [1.82, 2.24) is 4.98 Å². The predicted molar refractivity (Wildman–Crippen MR) is 119 cm³/mol. The minimum Gasteiger partial charge on any atom is -0.494 e. The highest BCUT2D eigenvalue weighted by molar-refractivity contribution is 6.31. The van der Waals surface area contributed by atoms with E-state index in [-0.39, 0.29) is 5.91 Å². The van der Waals surface area contributed by atoms with E-state index in [2.05, 4.69) is 10.3 Å². The molecule has 0 atom stereocenters. The molecule has 0 saturated carbocycles. The molecule has 0 aliphatic carbocycles. The summed E-state index contributed by atoms with van der Waals surface area (Å²) in [5.74, 6) is 0.944. The van der Waals surface area contributed by atoms with Gasteiger partial charge in [-0.05, 0) is 67.4 Å². The van der Waals surface area contributed by atoms with Gasteiger partial charge in [-0.3, -0.25) is 4.79 Å². The first-order valence-electron chi connectivity index (χ1n) is 9.75. The van der Waals surface area contributed by atoms with Crippen molar-refractivity contribution in [3.63, 3.8) is 0 Å². The minimum absolute atomic E-state index is 0.207. The molecule has 6 heteroatoms. The predicted octanol–water partition coefficient (Wildman–Crippen LogP) is 6.50. The Hall–Kier alpha value is -3.31. The number of carbonyl (C=O) groups is 1. The van der Waals surface area contributed by atoms with Crippen LogP contribution in [-0.4, -0.2) is 17.5 Å². The van der Waals surface area contributed by atoms with Gasteiger partial charge in [-0.15, -0.1) is 0 Å². The normalized spacial score (nSPS) is 10.9.